The molecule has 1 saturated heterocycles. The number of nitrogens with two attached hydrogens (primary N) is 1. The molecule has 4 heteroatoms. The lowest BCUT2D eigenvalue weighted by molar-refractivity contribution is 0.238. The molecule has 0 aliphatic carbocycles. The number of aliphatic hydroxyl groups excluding tert-OH is 1. The molecule has 1 fully saturated rings. The van der Waals surface area contributed by atoms with Gasteiger partial charge in [-0.25, -0.2) is 4.98 Å². The fourth-order valence-electron chi connectivity index (χ4n) is 1.80. The number of anilines is 2. The van der Waals surface area contributed by atoms with Crippen LogP contribution in [0.3, 0.4) is 0 Å². The van der Waals surface area contributed by atoms with E-state index in [1.165, 1.54) is 0 Å². The summed E-state index contributed by atoms with van der Waals surface area (Å²) in [6.45, 7) is 2.19. The summed E-state index contributed by atoms with van der Waals surface area (Å²) in [6.07, 6.45) is 2.84. The molecule has 1 aromatic rings. The Kier molecular flexibility index (Phi) is 2.54. The smallest absolute Gasteiger partial charge is 0.123 e. The van der Waals surface area contributed by atoms with Crippen molar-refractivity contribution in [1.29, 1.82) is 0 Å². The molecule has 1 atom stereocenters. The highest BCUT2D eigenvalue weighted by Crippen LogP contribution is 2.22. The van der Waals surface area contributed by atoms with Crippen LogP contribution in [-0.2, 0) is 0 Å². The van der Waals surface area contributed by atoms with Gasteiger partial charge in [-0.15, -0.1) is 0 Å². The molecule has 76 valence electrons. The molecule has 0 saturated carbocycles. The van der Waals surface area contributed by atoms with E-state index in [1.807, 2.05) is 12.1 Å². The Balaban J connectivity index is 2.06. The number of hydrogen-bond acceptors (Lipinski definition) is 4. The van der Waals surface area contributed by atoms with E-state index in [4.69, 9.17) is 10.8 Å². The lowest BCUT2D eigenvalue weighted by Crippen LogP contribution is -2.20. The van der Waals surface area contributed by atoms with Crippen LogP contribution in [-0.4, -0.2) is 29.8 Å². The summed E-state index contributed by atoms with van der Waals surface area (Å²) >= 11 is 0. The standard InChI is InChI=1S/C10H15N3O/c11-10-2-1-9(5-12-10)13-4-3-8(6-13)7-14/h1-2,5,8,14H,3-4,6-7H2,(H2,11,12). The van der Waals surface area contributed by atoms with Crippen molar-refractivity contribution in [3.05, 3.63) is 18.3 Å². The Morgan fingerprint density at radius 3 is 3.00 bits per heavy atom. The quantitative estimate of drug-likeness (QED) is 0.717. The zero-order chi connectivity index (χ0) is 9.97. The number of aliphatic hydroxyl groups is 1. The number of rotatable bonds is 2. The van der Waals surface area contributed by atoms with Crippen molar-refractivity contribution >= 4 is 11.5 Å². The van der Waals surface area contributed by atoms with Gasteiger partial charge in [0.2, 0.25) is 0 Å². The highest BCUT2D eigenvalue weighted by atomic mass is 16.3. The Bertz CT molecular complexity index is 299. The maximum absolute atomic E-state index is 9.01. The molecule has 0 amide bonds. The van der Waals surface area contributed by atoms with Crippen molar-refractivity contribution in [2.45, 2.75) is 6.42 Å². The molecule has 1 aliphatic rings. The van der Waals surface area contributed by atoms with Crippen LogP contribution in [0.25, 0.3) is 0 Å². The minimum absolute atomic E-state index is 0.277. The van der Waals surface area contributed by atoms with Gasteiger partial charge < -0.3 is 15.7 Å². The van der Waals surface area contributed by atoms with Crippen LogP contribution in [0, 0.1) is 5.92 Å². The number of nitrogen functional groups attached to an aromatic ring is 1. The van der Waals surface area contributed by atoms with Gasteiger partial charge in [0.25, 0.3) is 0 Å². The second-order valence-corrected chi connectivity index (χ2v) is 3.72. The molecule has 3 N–H and O–H groups in total. The second-order valence-electron chi connectivity index (χ2n) is 3.72. The topological polar surface area (TPSA) is 62.4 Å². The molecular formula is C10H15N3O. The third-order valence-corrected chi connectivity index (χ3v) is 2.68. The average molecular weight is 193 g/mol. The highest BCUT2D eigenvalue weighted by Gasteiger charge is 2.21. The third-order valence-electron chi connectivity index (χ3n) is 2.68. The summed E-state index contributed by atoms with van der Waals surface area (Å²) in [5.74, 6) is 0.958. The van der Waals surface area contributed by atoms with Gasteiger partial charge in [-0.1, -0.05) is 0 Å². The van der Waals surface area contributed by atoms with E-state index in [1.54, 1.807) is 6.20 Å². The second kappa shape index (κ2) is 3.84. The minimum atomic E-state index is 0.277. The van der Waals surface area contributed by atoms with Crippen molar-refractivity contribution in [2.75, 3.05) is 30.3 Å². The van der Waals surface area contributed by atoms with Crippen LogP contribution in [0.4, 0.5) is 11.5 Å². The summed E-state index contributed by atoms with van der Waals surface area (Å²) in [5.41, 5.74) is 6.60. The molecular weight excluding hydrogens is 178 g/mol. The van der Waals surface area contributed by atoms with Crippen LogP contribution in [0.15, 0.2) is 18.3 Å². The Morgan fingerprint density at radius 1 is 1.57 bits per heavy atom. The molecule has 14 heavy (non-hydrogen) atoms. The first kappa shape index (κ1) is 9.27. The predicted molar refractivity (Wildman–Crippen MR) is 56.1 cm³/mol. The molecule has 2 rings (SSSR count). The van der Waals surface area contributed by atoms with Gasteiger partial charge in [0.15, 0.2) is 0 Å². The summed E-state index contributed by atoms with van der Waals surface area (Å²) in [6, 6.07) is 3.78. The molecule has 0 radical (unpaired) electrons. The van der Waals surface area contributed by atoms with Crippen molar-refractivity contribution in [2.24, 2.45) is 5.92 Å². The van der Waals surface area contributed by atoms with Gasteiger partial charge in [-0.3, -0.25) is 0 Å². The number of pyridine rings is 1. The van der Waals surface area contributed by atoms with Crippen LogP contribution in [0.5, 0.6) is 0 Å². The van der Waals surface area contributed by atoms with E-state index >= 15 is 0 Å². The SMILES string of the molecule is Nc1ccc(N2CCC(CO)C2)cn1. The van der Waals surface area contributed by atoms with Gasteiger partial charge in [0, 0.05) is 25.6 Å². The van der Waals surface area contributed by atoms with Crippen LogP contribution in [0.2, 0.25) is 0 Å². The van der Waals surface area contributed by atoms with Crippen LogP contribution >= 0.6 is 0 Å². The number of hydrogen-bond donors (Lipinski definition) is 2. The van der Waals surface area contributed by atoms with Crippen molar-refractivity contribution in [1.82, 2.24) is 4.98 Å². The normalized spacial score (nSPS) is 21.5. The van der Waals surface area contributed by atoms with E-state index in [0.717, 1.165) is 25.2 Å². The monoisotopic (exact) mass is 193 g/mol. The van der Waals surface area contributed by atoms with E-state index < -0.39 is 0 Å². The molecule has 0 spiro atoms. The van der Waals surface area contributed by atoms with Gasteiger partial charge in [-0.05, 0) is 18.6 Å². The fraction of sp³-hybridized carbons (Fsp3) is 0.500. The van der Waals surface area contributed by atoms with Gasteiger partial charge >= 0.3 is 0 Å². The molecule has 1 aromatic heterocycles. The third kappa shape index (κ3) is 1.80. The molecule has 2 heterocycles. The van der Waals surface area contributed by atoms with Crippen LogP contribution < -0.4 is 10.6 Å². The summed E-state index contributed by atoms with van der Waals surface area (Å²) in [5, 5.41) is 9.01. The van der Waals surface area contributed by atoms with E-state index in [2.05, 4.69) is 9.88 Å². The first-order valence-electron chi connectivity index (χ1n) is 4.87. The largest absolute Gasteiger partial charge is 0.396 e. The average Bonchev–Trinajstić information content (AvgIpc) is 2.67. The molecule has 1 unspecified atom stereocenters. The Morgan fingerprint density at radius 2 is 2.43 bits per heavy atom. The van der Waals surface area contributed by atoms with Crippen molar-refractivity contribution in [3.63, 3.8) is 0 Å². The zero-order valence-corrected chi connectivity index (χ0v) is 8.06. The molecule has 0 aromatic carbocycles. The zero-order valence-electron chi connectivity index (χ0n) is 8.06. The Hall–Kier alpha value is -1.29. The number of nitrogens with zero attached hydrogens (tertiary/aromatic N) is 2. The van der Waals surface area contributed by atoms with Gasteiger partial charge in [0.1, 0.15) is 5.82 Å². The van der Waals surface area contributed by atoms with E-state index in [9.17, 15) is 0 Å². The van der Waals surface area contributed by atoms with Gasteiger partial charge in [0.05, 0.1) is 11.9 Å². The van der Waals surface area contributed by atoms with Crippen molar-refractivity contribution < 1.29 is 5.11 Å². The Labute approximate surface area is 83.4 Å². The van der Waals surface area contributed by atoms with E-state index in [-0.39, 0.29) is 6.61 Å². The highest BCUT2D eigenvalue weighted by molar-refractivity contribution is 5.48. The molecule has 0 bridgehead atoms. The summed E-state index contributed by atoms with van der Waals surface area (Å²) in [4.78, 5) is 6.28. The predicted octanol–water partition coefficient (Wildman–Crippen LogP) is 0.482. The lowest BCUT2D eigenvalue weighted by Gasteiger charge is -2.17. The maximum atomic E-state index is 9.01. The van der Waals surface area contributed by atoms with Crippen LogP contribution in [0.1, 0.15) is 6.42 Å². The first-order chi connectivity index (χ1) is 6.79. The summed E-state index contributed by atoms with van der Waals surface area (Å²) < 4.78 is 0. The van der Waals surface area contributed by atoms with Crippen molar-refractivity contribution in [3.8, 4) is 0 Å². The van der Waals surface area contributed by atoms with E-state index in [0.29, 0.717) is 11.7 Å². The minimum Gasteiger partial charge on any atom is -0.396 e. The molecule has 1 aliphatic heterocycles. The first-order valence-corrected chi connectivity index (χ1v) is 4.87. The maximum Gasteiger partial charge on any atom is 0.123 e. The fourth-order valence-corrected chi connectivity index (χ4v) is 1.80. The lowest BCUT2D eigenvalue weighted by atomic mass is 10.1. The number of aromatic nitrogens is 1. The summed E-state index contributed by atoms with van der Waals surface area (Å²) in [7, 11) is 0. The molecule has 4 nitrogen and oxygen atoms in total. The van der Waals surface area contributed by atoms with Gasteiger partial charge in [-0.2, -0.15) is 0 Å².